The summed E-state index contributed by atoms with van der Waals surface area (Å²) in [6.07, 6.45) is 0.895. The van der Waals surface area contributed by atoms with Gasteiger partial charge in [0.25, 0.3) is 10.0 Å². The standard InChI is InChI=1S/C20H17F2N3O4S2/c1-30(26,27)18-4-2-3-5-19(18)31(28,29)25-13-7-9-17(23)14(11-13)20(24)12-6-8-15(21)16(22)10-12/h2-11,24-25H,23H2,1H3. The van der Waals surface area contributed by atoms with Crippen LogP contribution in [0.3, 0.4) is 0 Å². The molecule has 0 aliphatic carbocycles. The Morgan fingerprint density at radius 2 is 1.55 bits per heavy atom. The van der Waals surface area contributed by atoms with Crippen LogP contribution in [0.1, 0.15) is 11.1 Å². The van der Waals surface area contributed by atoms with Gasteiger partial charge in [-0.2, -0.15) is 0 Å². The highest BCUT2D eigenvalue weighted by molar-refractivity contribution is 7.95. The topological polar surface area (TPSA) is 130 Å². The van der Waals surface area contributed by atoms with E-state index in [9.17, 15) is 25.6 Å². The molecule has 3 aromatic carbocycles. The van der Waals surface area contributed by atoms with Gasteiger partial charge in [-0.3, -0.25) is 10.1 Å². The molecule has 0 aromatic heterocycles. The summed E-state index contributed by atoms with van der Waals surface area (Å²) in [4.78, 5) is -0.806. The molecule has 0 radical (unpaired) electrons. The van der Waals surface area contributed by atoms with Crippen molar-refractivity contribution in [2.75, 3.05) is 16.7 Å². The minimum Gasteiger partial charge on any atom is -0.398 e. The predicted molar refractivity (Wildman–Crippen MR) is 114 cm³/mol. The largest absolute Gasteiger partial charge is 0.398 e. The average Bonchev–Trinajstić information content (AvgIpc) is 2.70. The van der Waals surface area contributed by atoms with E-state index in [1.54, 1.807) is 0 Å². The fraction of sp³-hybridized carbons (Fsp3) is 0.0500. The Hall–Kier alpha value is -3.31. The van der Waals surface area contributed by atoms with E-state index in [-0.39, 0.29) is 33.1 Å². The summed E-state index contributed by atoms with van der Waals surface area (Å²) < 4.78 is 78.6. The van der Waals surface area contributed by atoms with E-state index in [1.807, 2.05) is 0 Å². The molecule has 0 unspecified atom stereocenters. The molecule has 0 heterocycles. The highest BCUT2D eigenvalue weighted by Crippen LogP contribution is 2.26. The summed E-state index contributed by atoms with van der Waals surface area (Å²) in [5.41, 5.74) is 5.84. The fourth-order valence-electron chi connectivity index (χ4n) is 2.83. The molecule has 7 nitrogen and oxygen atoms in total. The van der Waals surface area contributed by atoms with E-state index in [0.717, 1.165) is 24.5 Å². The van der Waals surface area contributed by atoms with Gasteiger partial charge in [0, 0.05) is 28.8 Å². The summed E-state index contributed by atoms with van der Waals surface area (Å²) >= 11 is 0. The number of hydrogen-bond donors (Lipinski definition) is 3. The molecule has 0 atom stereocenters. The molecule has 0 aliphatic rings. The van der Waals surface area contributed by atoms with Gasteiger partial charge >= 0.3 is 0 Å². The molecular formula is C20H17F2N3O4S2. The van der Waals surface area contributed by atoms with Crippen molar-refractivity contribution < 1.29 is 25.6 Å². The van der Waals surface area contributed by atoms with E-state index < -0.39 is 36.4 Å². The van der Waals surface area contributed by atoms with Gasteiger partial charge in [-0.05, 0) is 48.5 Å². The summed E-state index contributed by atoms with van der Waals surface area (Å²) in [6, 6.07) is 11.9. The number of benzene rings is 3. The van der Waals surface area contributed by atoms with Gasteiger partial charge in [0.1, 0.15) is 4.90 Å². The zero-order valence-electron chi connectivity index (χ0n) is 16.1. The van der Waals surface area contributed by atoms with Crippen LogP contribution in [0, 0.1) is 17.0 Å². The third-order valence-corrected chi connectivity index (χ3v) is 7.04. The summed E-state index contributed by atoms with van der Waals surface area (Å²) in [7, 11) is -8.13. The number of anilines is 2. The quantitative estimate of drug-likeness (QED) is 0.380. The van der Waals surface area contributed by atoms with Crippen molar-refractivity contribution >= 4 is 36.9 Å². The number of nitrogen functional groups attached to an aromatic ring is 1. The first-order valence-corrected chi connectivity index (χ1v) is 12.0. The van der Waals surface area contributed by atoms with Crippen LogP contribution in [0.25, 0.3) is 0 Å². The SMILES string of the molecule is CS(=O)(=O)c1ccccc1S(=O)(=O)Nc1ccc(N)c(C(=N)c2ccc(F)c(F)c2)c1. The predicted octanol–water partition coefficient (Wildman–Crippen LogP) is 3.17. The number of rotatable bonds is 6. The molecule has 11 heteroatoms. The molecule has 0 saturated carbocycles. The van der Waals surface area contributed by atoms with Crippen LogP contribution in [0.5, 0.6) is 0 Å². The van der Waals surface area contributed by atoms with Crippen LogP contribution >= 0.6 is 0 Å². The Balaban J connectivity index is 2.01. The number of hydrogen-bond acceptors (Lipinski definition) is 6. The lowest BCUT2D eigenvalue weighted by molar-refractivity contribution is 0.508. The van der Waals surface area contributed by atoms with Gasteiger partial charge in [0.2, 0.25) is 0 Å². The van der Waals surface area contributed by atoms with Crippen LogP contribution in [0.15, 0.2) is 70.5 Å². The number of nitrogens with two attached hydrogens (primary N) is 1. The average molecular weight is 466 g/mol. The van der Waals surface area contributed by atoms with Crippen molar-refractivity contribution in [2.45, 2.75) is 9.79 Å². The third-order valence-electron chi connectivity index (χ3n) is 4.32. The van der Waals surface area contributed by atoms with Crippen molar-refractivity contribution in [1.82, 2.24) is 0 Å². The van der Waals surface area contributed by atoms with Gasteiger partial charge in [-0.1, -0.05) is 12.1 Å². The Labute approximate surface area is 178 Å². The normalized spacial score (nSPS) is 11.8. The monoisotopic (exact) mass is 465 g/mol. The van der Waals surface area contributed by atoms with Crippen LogP contribution in [-0.4, -0.2) is 28.8 Å². The van der Waals surface area contributed by atoms with E-state index in [0.29, 0.717) is 0 Å². The number of sulfonamides is 1. The molecule has 0 aliphatic heterocycles. The molecule has 0 saturated heterocycles. The second kappa shape index (κ2) is 8.08. The maximum Gasteiger partial charge on any atom is 0.263 e. The molecule has 4 N–H and O–H groups in total. The van der Waals surface area contributed by atoms with Crippen molar-refractivity contribution in [2.24, 2.45) is 0 Å². The van der Waals surface area contributed by atoms with Crippen molar-refractivity contribution in [3.05, 3.63) is 83.4 Å². The van der Waals surface area contributed by atoms with Crippen molar-refractivity contribution in [1.29, 1.82) is 5.41 Å². The van der Waals surface area contributed by atoms with E-state index in [4.69, 9.17) is 11.1 Å². The third kappa shape index (κ3) is 4.72. The summed E-state index contributed by atoms with van der Waals surface area (Å²) in [5.74, 6) is -2.22. The highest BCUT2D eigenvalue weighted by atomic mass is 32.2. The molecule has 3 rings (SSSR count). The van der Waals surface area contributed by atoms with Crippen molar-refractivity contribution in [3.8, 4) is 0 Å². The van der Waals surface area contributed by atoms with Crippen LogP contribution in [0.4, 0.5) is 20.2 Å². The Morgan fingerprint density at radius 1 is 0.903 bits per heavy atom. The zero-order chi connectivity index (χ0) is 23.0. The fourth-order valence-corrected chi connectivity index (χ4v) is 5.51. The van der Waals surface area contributed by atoms with E-state index >= 15 is 0 Å². The van der Waals surface area contributed by atoms with Gasteiger partial charge < -0.3 is 5.73 Å². The molecule has 0 amide bonds. The first kappa shape index (κ1) is 22.4. The minimum atomic E-state index is -4.31. The Morgan fingerprint density at radius 3 is 2.16 bits per heavy atom. The second-order valence-electron chi connectivity index (χ2n) is 6.63. The zero-order valence-corrected chi connectivity index (χ0v) is 17.7. The van der Waals surface area contributed by atoms with Gasteiger partial charge in [0.15, 0.2) is 21.5 Å². The maximum absolute atomic E-state index is 13.5. The van der Waals surface area contributed by atoms with Gasteiger partial charge in [-0.15, -0.1) is 0 Å². The first-order chi connectivity index (χ1) is 14.4. The van der Waals surface area contributed by atoms with Gasteiger partial charge in [-0.25, -0.2) is 25.6 Å². The summed E-state index contributed by atoms with van der Waals surface area (Å²) in [5, 5.41) is 8.26. The minimum absolute atomic E-state index is 0.000150. The smallest absolute Gasteiger partial charge is 0.263 e. The van der Waals surface area contributed by atoms with E-state index in [2.05, 4.69) is 4.72 Å². The molecule has 0 bridgehead atoms. The number of halogens is 2. The molecule has 162 valence electrons. The maximum atomic E-state index is 13.5. The van der Waals surface area contributed by atoms with Crippen LogP contribution in [-0.2, 0) is 19.9 Å². The van der Waals surface area contributed by atoms with E-state index in [1.165, 1.54) is 42.5 Å². The van der Waals surface area contributed by atoms with Gasteiger partial charge in [0.05, 0.1) is 10.6 Å². The van der Waals surface area contributed by atoms with Crippen LogP contribution < -0.4 is 10.5 Å². The highest BCUT2D eigenvalue weighted by Gasteiger charge is 2.24. The van der Waals surface area contributed by atoms with Crippen molar-refractivity contribution in [3.63, 3.8) is 0 Å². The lowest BCUT2D eigenvalue weighted by Gasteiger charge is -2.14. The molecular weight excluding hydrogens is 448 g/mol. The first-order valence-electron chi connectivity index (χ1n) is 8.66. The molecule has 3 aromatic rings. The van der Waals surface area contributed by atoms with Crippen LogP contribution in [0.2, 0.25) is 0 Å². The summed E-state index contributed by atoms with van der Waals surface area (Å²) in [6.45, 7) is 0. The lowest BCUT2D eigenvalue weighted by Crippen LogP contribution is -2.17. The Kier molecular flexibility index (Phi) is 5.83. The number of sulfone groups is 1. The second-order valence-corrected chi connectivity index (χ2v) is 10.3. The molecule has 31 heavy (non-hydrogen) atoms. The molecule has 0 spiro atoms. The Bertz CT molecular complexity index is 1410. The lowest BCUT2D eigenvalue weighted by atomic mass is 10.0. The number of nitrogens with one attached hydrogen (secondary N) is 2. The molecule has 0 fully saturated rings.